The molecule has 0 aliphatic carbocycles. The molecule has 89 heavy (non-hydrogen) atoms. The van der Waals surface area contributed by atoms with Crippen LogP contribution in [0.3, 0.4) is 0 Å². The predicted molar refractivity (Wildman–Crippen MR) is 378 cm³/mol. The highest BCUT2D eigenvalue weighted by atomic mass is 16.5. The Morgan fingerprint density at radius 1 is 0.427 bits per heavy atom. The highest BCUT2D eigenvalue weighted by Gasteiger charge is 2.19. The Kier molecular flexibility index (Phi) is 48.2. The third-order valence-corrected chi connectivity index (χ3v) is 17.6. The molecule has 14 nitrogen and oxygen atoms in total. The lowest BCUT2D eigenvalue weighted by Crippen LogP contribution is -2.28. The van der Waals surface area contributed by atoms with Gasteiger partial charge >= 0.3 is 0 Å². The summed E-state index contributed by atoms with van der Waals surface area (Å²) in [6, 6.07) is 29.0. The monoisotopic (exact) mass is 1240 g/mol. The molecule has 0 spiro atoms. The van der Waals surface area contributed by atoms with E-state index in [1.807, 2.05) is 26.1 Å². The highest BCUT2D eigenvalue weighted by molar-refractivity contribution is 5.33. The summed E-state index contributed by atoms with van der Waals surface area (Å²) in [6.07, 6.45) is 30.8. The molecular formula is C75H137N9O5. The fraction of sp³-hybridized carbons (Fsp3) is 0.773. The normalized spacial score (nSPS) is 24.0. The van der Waals surface area contributed by atoms with Crippen LogP contribution in [0.2, 0.25) is 0 Å². The number of ether oxygens (including phenoxy) is 5. The zero-order chi connectivity index (χ0) is 62.9. The van der Waals surface area contributed by atoms with Crippen molar-refractivity contribution >= 4 is 0 Å². The molecule has 8 aliphatic heterocycles. The van der Waals surface area contributed by atoms with Crippen molar-refractivity contribution in [2.45, 2.75) is 259 Å². The molecule has 2 aromatic carbocycles. The van der Waals surface area contributed by atoms with E-state index >= 15 is 0 Å². The Morgan fingerprint density at radius 2 is 0.809 bits per heavy atom. The van der Waals surface area contributed by atoms with E-state index in [1.54, 1.807) is 12.7 Å². The molecule has 14 heteroatoms. The van der Waals surface area contributed by atoms with E-state index in [9.17, 15) is 0 Å². The maximum absolute atomic E-state index is 5.52. The summed E-state index contributed by atoms with van der Waals surface area (Å²) in [6.45, 7) is 33.6. The summed E-state index contributed by atoms with van der Waals surface area (Å²) in [5.41, 5.74) is 7.15. The highest BCUT2D eigenvalue weighted by Crippen LogP contribution is 2.19. The molecule has 8 atom stereocenters. The standard InChI is InChI=1S/C14H21N.C12H17N.C11H16N2.C9H19NO.C8H17NO.2C7H15NO.C6H13NO.CH4/c1-11-5-3-6-12(2)14(11)9-8-13-7-4-10-15-13;1-2-5-11(6-3-1)8-9-12-7-4-10-13-12;1-2-8-12-10(4-1)6-7-11-5-3-9-13-11;1-8(2)6-11-7-9-4-3-5-10-9;1-7(2)10-6-8-4-3-5-9-8;2*1-2-9-6-7-4-3-5-8-7;1-8-5-6-3-2-4-7-6;/h3,5-6,13,15H,4,7-10H2,1-2H3;1-3,5-6,12-13H,4,7-10H2;1-2,4,8,11,13H,3,5-7,9H2;8-10H,3-7H2,1-2H3;7-9H,3-6H2,1-2H3;2*7-8H,2-6H2,1H3;6-7H,2-5H2,1H3;1H4/t13-;12-;11-;9-;8-;2*7-;6-;/m00000000./s1. The minimum Gasteiger partial charge on any atom is -0.383 e. The van der Waals surface area contributed by atoms with E-state index in [2.05, 4.69) is 150 Å². The van der Waals surface area contributed by atoms with Crippen molar-refractivity contribution in [3.05, 3.63) is 101 Å². The van der Waals surface area contributed by atoms with Crippen molar-refractivity contribution < 1.29 is 23.7 Å². The minimum atomic E-state index is 0. The van der Waals surface area contributed by atoms with Crippen LogP contribution < -0.4 is 42.5 Å². The van der Waals surface area contributed by atoms with E-state index in [0.717, 1.165) is 77.4 Å². The van der Waals surface area contributed by atoms with Crippen LogP contribution in [0.5, 0.6) is 0 Å². The number of nitrogens with zero attached hydrogens (tertiary/aromatic N) is 1. The summed E-state index contributed by atoms with van der Waals surface area (Å²) in [5, 5.41) is 27.4. The first-order chi connectivity index (χ1) is 43.0. The number of nitrogens with one attached hydrogen (secondary N) is 8. The summed E-state index contributed by atoms with van der Waals surface area (Å²) in [7, 11) is 1.75. The molecule has 1 aromatic heterocycles. The lowest BCUT2D eigenvalue weighted by Gasteiger charge is -2.13. The van der Waals surface area contributed by atoms with Crippen LogP contribution in [0.25, 0.3) is 0 Å². The van der Waals surface area contributed by atoms with Crippen molar-refractivity contribution in [1.29, 1.82) is 0 Å². The largest absolute Gasteiger partial charge is 0.383 e. The van der Waals surface area contributed by atoms with E-state index in [-0.39, 0.29) is 7.43 Å². The van der Waals surface area contributed by atoms with Gasteiger partial charge in [-0.05, 0) is 275 Å². The summed E-state index contributed by atoms with van der Waals surface area (Å²) in [4.78, 5) is 4.31. The van der Waals surface area contributed by atoms with Crippen LogP contribution >= 0.6 is 0 Å². The molecule has 0 bridgehead atoms. The molecule has 8 N–H and O–H groups in total. The Morgan fingerprint density at radius 3 is 1.18 bits per heavy atom. The van der Waals surface area contributed by atoms with Crippen LogP contribution in [0, 0.1) is 19.8 Å². The second kappa shape index (κ2) is 53.4. The van der Waals surface area contributed by atoms with Crippen molar-refractivity contribution in [1.82, 2.24) is 47.5 Å². The molecule has 11 rings (SSSR count). The molecule has 3 aromatic rings. The maximum Gasteiger partial charge on any atom is 0.0623 e. The molecule has 0 radical (unpaired) electrons. The maximum atomic E-state index is 5.52. The van der Waals surface area contributed by atoms with Gasteiger partial charge in [0.1, 0.15) is 0 Å². The van der Waals surface area contributed by atoms with Crippen LogP contribution in [0.1, 0.15) is 199 Å². The summed E-state index contributed by atoms with van der Waals surface area (Å²) >= 11 is 0. The molecule has 8 saturated heterocycles. The van der Waals surface area contributed by atoms with Gasteiger partial charge < -0.3 is 66.2 Å². The third kappa shape index (κ3) is 40.7. The lowest BCUT2D eigenvalue weighted by molar-refractivity contribution is 0.0649. The summed E-state index contributed by atoms with van der Waals surface area (Å²) < 4.78 is 26.5. The third-order valence-electron chi connectivity index (χ3n) is 17.6. The second-order valence-corrected chi connectivity index (χ2v) is 26.2. The Labute approximate surface area is 546 Å². The molecule has 0 unspecified atom stereocenters. The smallest absolute Gasteiger partial charge is 0.0623 e. The number of methoxy groups -OCH3 is 1. The van der Waals surface area contributed by atoms with Crippen LogP contribution in [0.15, 0.2) is 72.9 Å². The fourth-order valence-electron chi connectivity index (χ4n) is 12.4. The first-order valence-corrected chi connectivity index (χ1v) is 35.7. The van der Waals surface area contributed by atoms with Crippen LogP contribution in [-0.2, 0) is 42.9 Å². The molecule has 8 fully saturated rings. The zero-order valence-corrected chi connectivity index (χ0v) is 57.6. The Bertz CT molecular complexity index is 1900. The number of pyridine rings is 1. The number of aromatic nitrogens is 1. The second-order valence-electron chi connectivity index (χ2n) is 26.2. The van der Waals surface area contributed by atoms with Gasteiger partial charge in [0.15, 0.2) is 0 Å². The van der Waals surface area contributed by atoms with Crippen molar-refractivity contribution in [2.24, 2.45) is 5.92 Å². The van der Waals surface area contributed by atoms with Crippen molar-refractivity contribution in [3.63, 3.8) is 0 Å². The molecular weight excluding hydrogens is 1110 g/mol. The van der Waals surface area contributed by atoms with E-state index in [1.165, 1.54) is 210 Å². The first kappa shape index (κ1) is 80.3. The summed E-state index contributed by atoms with van der Waals surface area (Å²) in [5.74, 6) is 0.663. The van der Waals surface area contributed by atoms with E-state index in [4.69, 9.17) is 23.7 Å². The molecule has 512 valence electrons. The van der Waals surface area contributed by atoms with Crippen LogP contribution in [-0.4, -0.2) is 172 Å². The number of benzene rings is 2. The number of hydrogen-bond donors (Lipinski definition) is 8. The SMILES string of the molecule is C.CC(C)COC[C@@H]1CCCN1.CC(C)OC[C@@H]1CCCN1.CCOC[C@@H]1CCCN1.CCOC[C@@H]1CCCN1.COC[C@@H]1CCCN1.Cc1cccc(C)c1CC[C@@H]1CCCN1.c1ccc(CC[C@@H]2CCCN2)cc1.c1ccc(CC[C@@H]2CCCN2)nc1. The quantitative estimate of drug-likeness (QED) is 0.0429. The van der Waals surface area contributed by atoms with E-state index < -0.39 is 0 Å². The average Bonchev–Trinajstić information content (AvgIpc) is 4.42. The molecule has 9 heterocycles. The first-order valence-electron chi connectivity index (χ1n) is 35.7. The van der Waals surface area contributed by atoms with Crippen molar-refractivity contribution in [3.8, 4) is 0 Å². The van der Waals surface area contributed by atoms with E-state index in [0.29, 0.717) is 42.2 Å². The van der Waals surface area contributed by atoms with Gasteiger partial charge in [0.05, 0.1) is 39.1 Å². The molecule has 8 aliphatic rings. The molecule has 0 amide bonds. The zero-order valence-electron chi connectivity index (χ0n) is 57.6. The number of hydrogen-bond acceptors (Lipinski definition) is 14. The number of aryl methyl sites for hydroxylation is 4. The molecule has 0 saturated carbocycles. The van der Waals surface area contributed by atoms with Crippen molar-refractivity contribution in [2.75, 3.05) is 112 Å². The number of rotatable bonds is 24. The van der Waals surface area contributed by atoms with Gasteiger partial charge in [0.2, 0.25) is 0 Å². The van der Waals surface area contributed by atoms with Crippen LogP contribution in [0.4, 0.5) is 0 Å². The van der Waals surface area contributed by atoms with Gasteiger partial charge in [-0.25, -0.2) is 0 Å². The van der Waals surface area contributed by atoms with Gasteiger partial charge in [0.25, 0.3) is 0 Å². The predicted octanol–water partition coefficient (Wildman–Crippen LogP) is 12.3. The Hall–Kier alpha value is -2.93. The average molecular weight is 1240 g/mol. The van der Waals surface area contributed by atoms with Gasteiger partial charge in [-0.15, -0.1) is 0 Å². The fourth-order valence-corrected chi connectivity index (χ4v) is 12.4. The van der Waals surface area contributed by atoms with Gasteiger partial charge in [-0.1, -0.05) is 75.9 Å². The Balaban J connectivity index is 0.000000268. The van der Waals surface area contributed by atoms with Gasteiger partial charge in [-0.3, -0.25) is 4.98 Å². The van der Waals surface area contributed by atoms with Gasteiger partial charge in [0, 0.05) is 87.2 Å². The van der Waals surface area contributed by atoms with Gasteiger partial charge in [-0.2, -0.15) is 0 Å². The lowest BCUT2D eigenvalue weighted by atomic mass is 9.96. The topological polar surface area (TPSA) is 155 Å². The minimum absolute atomic E-state index is 0.